The average molecular weight is 507 g/mol. The number of carbonyl (C=O) groups excluding carboxylic acids is 1. The lowest BCUT2D eigenvalue weighted by Crippen LogP contribution is -2.46. The van der Waals surface area contributed by atoms with Gasteiger partial charge >= 0.3 is 0 Å². The highest BCUT2D eigenvalue weighted by atomic mass is 16.5. The molecule has 1 aliphatic rings. The summed E-state index contributed by atoms with van der Waals surface area (Å²) in [7, 11) is 0. The van der Waals surface area contributed by atoms with Gasteiger partial charge in [0, 0.05) is 38.4 Å². The van der Waals surface area contributed by atoms with Gasteiger partial charge in [0.2, 0.25) is 5.91 Å². The van der Waals surface area contributed by atoms with Crippen molar-refractivity contribution in [3.05, 3.63) is 90.1 Å². The second-order valence-corrected chi connectivity index (χ2v) is 9.18. The van der Waals surface area contributed by atoms with Crippen LogP contribution in [0.4, 0.5) is 11.5 Å². The number of para-hydroxylation sites is 2. The number of nitriles is 1. The number of hydrogen-bond donors (Lipinski definition) is 1. The number of rotatable bonds is 8. The van der Waals surface area contributed by atoms with Crippen molar-refractivity contribution in [3.63, 3.8) is 0 Å². The molecule has 1 aliphatic heterocycles. The summed E-state index contributed by atoms with van der Waals surface area (Å²) >= 11 is 0. The lowest BCUT2D eigenvalue weighted by molar-refractivity contribution is -0.116. The number of fused-ring (bicyclic) bond motifs is 1. The number of anilines is 2. The summed E-state index contributed by atoms with van der Waals surface area (Å²) in [6.07, 6.45) is 0. The molecular formula is C30H30N6O2. The maximum absolute atomic E-state index is 13.3. The lowest BCUT2D eigenvalue weighted by Gasteiger charge is -2.36. The van der Waals surface area contributed by atoms with E-state index in [1.807, 2.05) is 37.3 Å². The van der Waals surface area contributed by atoms with E-state index < -0.39 is 11.8 Å². The van der Waals surface area contributed by atoms with Gasteiger partial charge in [-0.15, -0.1) is 0 Å². The van der Waals surface area contributed by atoms with E-state index in [4.69, 9.17) is 14.7 Å². The van der Waals surface area contributed by atoms with E-state index in [0.29, 0.717) is 29.3 Å². The summed E-state index contributed by atoms with van der Waals surface area (Å²) in [5.41, 5.74) is 3.64. The van der Waals surface area contributed by atoms with Crippen molar-refractivity contribution in [1.29, 1.82) is 5.26 Å². The summed E-state index contributed by atoms with van der Waals surface area (Å²) in [6.45, 7) is 6.51. The minimum Gasteiger partial charge on any atom is -0.494 e. The highest BCUT2D eigenvalue weighted by molar-refractivity contribution is 5.98. The molecule has 1 fully saturated rings. The smallest absolute Gasteiger partial charge is 0.248 e. The van der Waals surface area contributed by atoms with E-state index in [0.717, 1.165) is 44.0 Å². The van der Waals surface area contributed by atoms with Crippen LogP contribution in [0.2, 0.25) is 0 Å². The first kappa shape index (κ1) is 25.2. The van der Waals surface area contributed by atoms with Gasteiger partial charge < -0.3 is 15.0 Å². The van der Waals surface area contributed by atoms with Gasteiger partial charge in [0.25, 0.3) is 0 Å². The topological polar surface area (TPSA) is 94.4 Å². The highest BCUT2D eigenvalue weighted by Gasteiger charge is 2.30. The molecule has 8 nitrogen and oxygen atoms in total. The molecule has 0 radical (unpaired) electrons. The Balaban J connectivity index is 1.38. The van der Waals surface area contributed by atoms with Crippen molar-refractivity contribution in [2.75, 3.05) is 43.0 Å². The number of ether oxygens (including phenoxy) is 1. The Morgan fingerprint density at radius 1 is 0.947 bits per heavy atom. The van der Waals surface area contributed by atoms with Gasteiger partial charge in [0.1, 0.15) is 11.4 Å². The number of aromatic nitrogens is 2. The summed E-state index contributed by atoms with van der Waals surface area (Å²) in [5.74, 6) is -0.242. The molecule has 0 bridgehead atoms. The zero-order valence-electron chi connectivity index (χ0n) is 21.4. The second kappa shape index (κ2) is 11.7. The quantitative estimate of drug-likeness (QED) is 0.373. The van der Waals surface area contributed by atoms with Gasteiger partial charge in [-0.25, -0.2) is 9.97 Å². The van der Waals surface area contributed by atoms with Crippen LogP contribution in [0.15, 0.2) is 78.9 Å². The Hall–Kier alpha value is -4.48. The number of amides is 1. The molecule has 8 heteroatoms. The van der Waals surface area contributed by atoms with Crippen molar-refractivity contribution in [1.82, 2.24) is 14.9 Å². The third kappa shape index (κ3) is 5.74. The molecule has 3 aromatic carbocycles. The van der Waals surface area contributed by atoms with Crippen molar-refractivity contribution < 1.29 is 9.53 Å². The molecule has 1 amide bonds. The average Bonchev–Trinajstić information content (AvgIpc) is 2.95. The third-order valence-corrected chi connectivity index (χ3v) is 6.60. The molecule has 1 aromatic heterocycles. The predicted octanol–water partition coefficient (Wildman–Crippen LogP) is 4.60. The van der Waals surface area contributed by atoms with E-state index in [2.05, 4.69) is 45.5 Å². The summed E-state index contributed by atoms with van der Waals surface area (Å²) < 4.78 is 5.48. The standard InChI is InChI=1S/C30H30N6O2/c1-2-38-24-14-12-23(13-15-24)32-30(37)25(20-31)28-29(34-27-11-7-6-10-26(27)33-28)36-18-16-35(17-19-36)21-22-8-4-3-5-9-22/h3-15,25H,2,16-19,21H2,1H3,(H,32,37)/t25-/m1/s1. The molecule has 2 heterocycles. The minimum absolute atomic E-state index is 0.381. The number of benzene rings is 3. The van der Waals surface area contributed by atoms with Crippen LogP contribution >= 0.6 is 0 Å². The first-order valence-electron chi connectivity index (χ1n) is 12.9. The molecule has 38 heavy (non-hydrogen) atoms. The van der Waals surface area contributed by atoms with Crippen LogP contribution in [0.3, 0.4) is 0 Å². The minimum atomic E-state index is -1.11. The molecule has 0 saturated carbocycles. The van der Waals surface area contributed by atoms with Crippen molar-refractivity contribution in [2.45, 2.75) is 19.4 Å². The zero-order chi connectivity index (χ0) is 26.3. The number of hydrogen-bond acceptors (Lipinski definition) is 7. The Bertz CT molecular complexity index is 1430. The SMILES string of the molecule is CCOc1ccc(NC(=O)[C@H](C#N)c2nc3ccccc3nc2N2CCN(Cc3ccccc3)CC2)cc1. The van der Waals surface area contributed by atoms with E-state index in [9.17, 15) is 10.1 Å². The lowest BCUT2D eigenvalue weighted by atomic mass is 10.0. The first-order valence-corrected chi connectivity index (χ1v) is 12.9. The van der Waals surface area contributed by atoms with Gasteiger partial charge in [-0.2, -0.15) is 5.26 Å². The van der Waals surface area contributed by atoms with Crippen LogP contribution in [-0.4, -0.2) is 53.6 Å². The molecule has 1 atom stereocenters. The van der Waals surface area contributed by atoms with Gasteiger partial charge in [-0.05, 0) is 48.9 Å². The number of piperazine rings is 1. The Morgan fingerprint density at radius 2 is 1.61 bits per heavy atom. The first-order chi connectivity index (χ1) is 18.6. The van der Waals surface area contributed by atoms with Crippen molar-refractivity contribution in [3.8, 4) is 11.8 Å². The Morgan fingerprint density at radius 3 is 2.26 bits per heavy atom. The maximum atomic E-state index is 13.3. The third-order valence-electron chi connectivity index (χ3n) is 6.60. The van der Waals surface area contributed by atoms with Crippen LogP contribution in [0.5, 0.6) is 5.75 Å². The Labute approximate surface area is 222 Å². The molecule has 0 unspecified atom stereocenters. The van der Waals surface area contributed by atoms with Crippen LogP contribution in [0.25, 0.3) is 11.0 Å². The van der Waals surface area contributed by atoms with E-state index in [-0.39, 0.29) is 0 Å². The second-order valence-electron chi connectivity index (χ2n) is 9.18. The van der Waals surface area contributed by atoms with Crippen molar-refractivity contribution >= 4 is 28.4 Å². The Kier molecular flexibility index (Phi) is 7.76. The van der Waals surface area contributed by atoms with Crippen LogP contribution in [-0.2, 0) is 11.3 Å². The van der Waals surface area contributed by atoms with Gasteiger partial charge in [-0.1, -0.05) is 42.5 Å². The number of nitrogens with one attached hydrogen (secondary N) is 1. The molecular weight excluding hydrogens is 476 g/mol. The molecule has 0 spiro atoms. The van der Waals surface area contributed by atoms with E-state index in [1.54, 1.807) is 24.3 Å². The van der Waals surface area contributed by atoms with Gasteiger partial charge in [0.15, 0.2) is 11.7 Å². The van der Waals surface area contributed by atoms with Crippen LogP contribution in [0.1, 0.15) is 24.1 Å². The molecule has 192 valence electrons. The molecule has 4 aromatic rings. The maximum Gasteiger partial charge on any atom is 0.248 e. The van der Waals surface area contributed by atoms with Gasteiger partial charge in [0.05, 0.1) is 23.7 Å². The molecule has 0 aliphatic carbocycles. The van der Waals surface area contributed by atoms with Crippen LogP contribution < -0.4 is 15.0 Å². The number of nitrogens with zero attached hydrogens (tertiary/aromatic N) is 5. The monoisotopic (exact) mass is 506 g/mol. The normalized spacial score (nSPS) is 14.6. The van der Waals surface area contributed by atoms with Crippen molar-refractivity contribution in [2.24, 2.45) is 0 Å². The predicted molar refractivity (Wildman–Crippen MR) is 148 cm³/mol. The molecule has 1 saturated heterocycles. The summed E-state index contributed by atoms with van der Waals surface area (Å²) in [6, 6.07) is 27.3. The fourth-order valence-corrected chi connectivity index (χ4v) is 4.65. The largest absolute Gasteiger partial charge is 0.494 e. The van der Waals surface area contributed by atoms with Crippen LogP contribution in [0, 0.1) is 11.3 Å². The van der Waals surface area contributed by atoms with Gasteiger partial charge in [-0.3, -0.25) is 9.69 Å². The fourth-order valence-electron chi connectivity index (χ4n) is 4.65. The highest BCUT2D eigenvalue weighted by Crippen LogP contribution is 2.29. The van der Waals surface area contributed by atoms with E-state index in [1.165, 1.54) is 5.56 Å². The number of carbonyl (C=O) groups is 1. The fraction of sp³-hybridized carbons (Fsp3) is 0.267. The summed E-state index contributed by atoms with van der Waals surface area (Å²) in [5, 5.41) is 13.0. The molecule has 5 rings (SSSR count). The molecule has 1 N–H and O–H groups in total. The summed E-state index contributed by atoms with van der Waals surface area (Å²) in [4.78, 5) is 27.6. The van der Waals surface area contributed by atoms with E-state index >= 15 is 0 Å². The zero-order valence-corrected chi connectivity index (χ0v) is 21.4.